The Morgan fingerprint density at radius 3 is 0.491 bits per heavy atom. The fourth-order valence-corrected chi connectivity index (χ4v) is 4.68. The van der Waals surface area contributed by atoms with E-state index in [0.717, 1.165) is 0 Å². The van der Waals surface area contributed by atoms with Gasteiger partial charge in [0.15, 0.2) is 0 Å². The Balaban J connectivity index is 6.99. The van der Waals surface area contributed by atoms with E-state index in [0.29, 0.717) is 0 Å². The molecular formula is C31H48O18S8. The molecule has 57 heavy (non-hydrogen) atoms. The summed E-state index contributed by atoms with van der Waals surface area (Å²) in [5, 5.41) is 0. The molecule has 0 amide bonds. The van der Waals surface area contributed by atoms with Crippen LogP contribution in [0.15, 0.2) is 0 Å². The number of thiol groups is 8. The molecule has 0 saturated heterocycles. The highest BCUT2D eigenvalue weighted by atomic mass is 32.1. The van der Waals surface area contributed by atoms with Gasteiger partial charge in [-0.25, -0.2) is 0 Å². The zero-order valence-electron chi connectivity index (χ0n) is 30.6. The fraction of sp³-hybridized carbons (Fsp3) is 0.742. The van der Waals surface area contributed by atoms with Crippen LogP contribution in [0.1, 0.15) is 0 Å². The molecule has 0 fully saturated rings. The third-order valence-electron chi connectivity index (χ3n) is 6.98. The summed E-state index contributed by atoms with van der Waals surface area (Å²) in [7, 11) is 0. The molecule has 0 heterocycles. The second-order valence-electron chi connectivity index (χ2n) is 12.0. The van der Waals surface area contributed by atoms with Crippen LogP contribution in [0, 0.1) is 16.2 Å². The molecule has 0 N–H and O–H groups in total. The van der Waals surface area contributed by atoms with Crippen LogP contribution in [0.4, 0.5) is 0 Å². The Hall–Kier alpha value is -1.52. The second kappa shape index (κ2) is 31.4. The van der Waals surface area contributed by atoms with Gasteiger partial charge in [0, 0.05) is 0 Å². The average molecular weight is 965 g/mol. The topological polar surface area (TPSA) is 229 Å². The maximum absolute atomic E-state index is 12.4. The molecule has 0 atom stereocenters. The van der Waals surface area contributed by atoms with Crippen molar-refractivity contribution in [1.29, 1.82) is 0 Å². The Morgan fingerprint density at radius 2 is 0.368 bits per heavy atom. The summed E-state index contributed by atoms with van der Waals surface area (Å²) in [4.78, 5) is 97.5. The molecule has 0 aromatic carbocycles. The maximum Gasteiger partial charge on any atom is 0.315 e. The number of rotatable bonds is 32. The number of hydrogen-bond acceptors (Lipinski definition) is 26. The third-order valence-corrected chi connectivity index (χ3v) is 9.05. The van der Waals surface area contributed by atoms with Gasteiger partial charge < -0.3 is 47.4 Å². The van der Waals surface area contributed by atoms with Gasteiger partial charge in [-0.05, 0) is 0 Å². The molecule has 26 heteroatoms. The molecule has 0 saturated carbocycles. The van der Waals surface area contributed by atoms with E-state index in [1.807, 2.05) is 0 Å². The summed E-state index contributed by atoms with van der Waals surface area (Å²) in [5.41, 5.74) is -4.69. The van der Waals surface area contributed by atoms with Crippen LogP contribution < -0.4 is 0 Å². The van der Waals surface area contributed by atoms with Gasteiger partial charge in [-0.15, -0.1) is 0 Å². The highest BCUT2D eigenvalue weighted by Crippen LogP contribution is 2.28. The van der Waals surface area contributed by atoms with E-state index in [1.54, 1.807) is 0 Å². The molecule has 328 valence electrons. The Labute approximate surface area is 373 Å². The highest BCUT2D eigenvalue weighted by Gasteiger charge is 2.42. The zero-order chi connectivity index (χ0) is 43.3. The fourth-order valence-electron chi connectivity index (χ4n) is 3.95. The van der Waals surface area contributed by atoms with Gasteiger partial charge in [0.25, 0.3) is 0 Å². The summed E-state index contributed by atoms with van der Waals surface area (Å²) < 4.78 is 54.7. The SMILES string of the molecule is O=C(CS)OCC(COCC(COC(=O)CS)(COC(=O)CS)COC(=O)CS)(COCC(COC(=O)CS)(COC(=O)CS)COC(=O)CS)COC(=O)CS. The van der Waals surface area contributed by atoms with Crippen LogP contribution in [-0.2, 0) is 85.7 Å². The lowest BCUT2D eigenvalue weighted by Gasteiger charge is -2.37. The monoisotopic (exact) mass is 964 g/mol. The average Bonchev–Trinajstić information content (AvgIpc) is 3.23. The quantitative estimate of drug-likeness (QED) is 0.0247. The zero-order valence-corrected chi connectivity index (χ0v) is 37.7. The van der Waals surface area contributed by atoms with Crippen molar-refractivity contribution in [3.05, 3.63) is 0 Å². The van der Waals surface area contributed by atoms with E-state index in [9.17, 15) is 38.4 Å². The lowest BCUT2D eigenvalue weighted by molar-refractivity contribution is -0.175. The first kappa shape index (κ1) is 55.5. The van der Waals surface area contributed by atoms with E-state index in [1.165, 1.54) is 0 Å². The lowest BCUT2D eigenvalue weighted by Crippen LogP contribution is -2.48. The van der Waals surface area contributed by atoms with Crippen molar-refractivity contribution in [2.45, 2.75) is 0 Å². The van der Waals surface area contributed by atoms with Crippen molar-refractivity contribution in [1.82, 2.24) is 0 Å². The van der Waals surface area contributed by atoms with Crippen LogP contribution >= 0.6 is 101 Å². The third kappa shape index (κ3) is 24.4. The molecule has 0 aliphatic rings. The molecule has 0 spiro atoms. The lowest BCUT2D eigenvalue weighted by atomic mass is 9.89. The molecule has 0 aromatic heterocycles. The van der Waals surface area contributed by atoms with Gasteiger partial charge >= 0.3 is 47.8 Å². The van der Waals surface area contributed by atoms with Gasteiger partial charge in [-0.2, -0.15) is 101 Å². The number of carbonyl (C=O) groups is 8. The minimum absolute atomic E-state index is 0.325. The van der Waals surface area contributed by atoms with Crippen molar-refractivity contribution in [2.75, 3.05) is 125 Å². The summed E-state index contributed by atoms with van der Waals surface area (Å²) in [6.07, 6.45) is 0. The van der Waals surface area contributed by atoms with Crippen LogP contribution in [0.25, 0.3) is 0 Å². The van der Waals surface area contributed by atoms with E-state index < -0.39 is 143 Å². The first-order chi connectivity index (χ1) is 27.1. The first-order valence-corrected chi connectivity index (χ1v) is 21.4. The smallest absolute Gasteiger partial charge is 0.315 e. The molecule has 0 rings (SSSR count). The van der Waals surface area contributed by atoms with Gasteiger partial charge in [0.1, 0.15) is 52.9 Å². The normalized spacial score (nSPS) is 11.5. The Kier molecular flexibility index (Phi) is 30.5. The van der Waals surface area contributed by atoms with Gasteiger partial charge in [0.05, 0.1) is 88.7 Å². The standard InChI is InChI=1S/C31H48O18S8/c32-21(1-50)42-13-29(14-43-22(33)2-51,9-40-11-30(15-44-23(34)3-52,16-45-24(35)4-53)17-46-25(36)5-54)10-41-12-31(18-47-26(37)6-55,19-48-27(38)7-56)20-49-28(39)8-57/h50-57H,1-20H2. The molecule has 0 aromatic rings. The Bertz CT molecular complexity index is 1110. The predicted octanol–water partition coefficient (Wildman–Crippen LogP) is -0.237. The first-order valence-electron chi connectivity index (χ1n) is 16.3. The number of hydrogen-bond donors (Lipinski definition) is 8. The predicted molar refractivity (Wildman–Crippen MR) is 227 cm³/mol. The van der Waals surface area contributed by atoms with Crippen molar-refractivity contribution >= 4 is 149 Å². The van der Waals surface area contributed by atoms with Crippen molar-refractivity contribution in [2.24, 2.45) is 16.2 Å². The van der Waals surface area contributed by atoms with Gasteiger partial charge in [-0.3, -0.25) is 38.4 Å². The summed E-state index contributed by atoms with van der Waals surface area (Å²) in [6, 6.07) is 0. The number of esters is 8. The van der Waals surface area contributed by atoms with Gasteiger partial charge in [0.2, 0.25) is 0 Å². The minimum Gasteiger partial charge on any atom is -0.464 e. The van der Waals surface area contributed by atoms with Crippen LogP contribution in [0.5, 0.6) is 0 Å². The molecule has 0 unspecified atom stereocenters. The summed E-state index contributed by atoms with van der Waals surface area (Å²) in [6.45, 7) is -6.07. The molecule has 0 aliphatic carbocycles. The summed E-state index contributed by atoms with van der Waals surface area (Å²) in [5.74, 6) is -8.87. The number of carbonyl (C=O) groups excluding carboxylic acids is 8. The largest absolute Gasteiger partial charge is 0.464 e. The van der Waals surface area contributed by atoms with Gasteiger partial charge in [-0.1, -0.05) is 0 Å². The van der Waals surface area contributed by atoms with Crippen LogP contribution in [-0.4, -0.2) is 173 Å². The van der Waals surface area contributed by atoms with Crippen molar-refractivity contribution in [3.8, 4) is 0 Å². The molecule has 0 aliphatic heterocycles. The van der Waals surface area contributed by atoms with E-state index in [2.05, 4.69) is 101 Å². The van der Waals surface area contributed by atoms with Crippen molar-refractivity contribution in [3.63, 3.8) is 0 Å². The number of ether oxygens (including phenoxy) is 10. The summed E-state index contributed by atoms with van der Waals surface area (Å²) >= 11 is 31.3. The molecule has 0 bridgehead atoms. The van der Waals surface area contributed by atoms with E-state index in [-0.39, 0.29) is 46.0 Å². The van der Waals surface area contributed by atoms with Crippen molar-refractivity contribution < 1.29 is 85.7 Å². The van der Waals surface area contributed by atoms with Crippen LogP contribution in [0.2, 0.25) is 0 Å². The van der Waals surface area contributed by atoms with E-state index >= 15 is 0 Å². The van der Waals surface area contributed by atoms with Crippen LogP contribution in [0.3, 0.4) is 0 Å². The Morgan fingerprint density at radius 1 is 0.246 bits per heavy atom. The molecular weight excluding hydrogens is 917 g/mol. The second-order valence-corrected chi connectivity index (χ2v) is 14.6. The molecule has 18 nitrogen and oxygen atoms in total. The molecule has 0 radical (unpaired) electrons. The maximum atomic E-state index is 12.4. The highest BCUT2D eigenvalue weighted by molar-refractivity contribution is 7.82. The minimum atomic E-state index is -1.59. The van der Waals surface area contributed by atoms with E-state index in [4.69, 9.17) is 47.4 Å².